The van der Waals surface area contributed by atoms with Gasteiger partial charge in [0.15, 0.2) is 0 Å². The first-order chi connectivity index (χ1) is 6.18. The van der Waals surface area contributed by atoms with Gasteiger partial charge in [-0.25, -0.2) is 0 Å². The largest absolute Gasteiger partial charge is 0.317 e. The number of nitrogens with one attached hydrogen (secondary N) is 1. The number of hydrogen-bond acceptors (Lipinski definition) is 1. The maximum atomic E-state index is 3.56. The molecule has 0 saturated carbocycles. The molecule has 0 fully saturated rings. The fourth-order valence-corrected chi connectivity index (χ4v) is 0.354. The predicted molar refractivity (Wildman–Crippen MR) is 67.3 cm³/mol. The minimum atomic E-state index is 0. The predicted octanol–water partition coefficient (Wildman–Crippen LogP) is 4.11. The van der Waals surface area contributed by atoms with Crippen molar-refractivity contribution in [3.63, 3.8) is 0 Å². The molecule has 1 nitrogen and oxygen atoms in total. The van der Waals surface area contributed by atoms with Crippen LogP contribution in [0.15, 0.2) is 12.7 Å². The smallest absolute Gasteiger partial charge is 0 e. The Labute approximate surface area is 87.1 Å². The highest BCUT2D eigenvalue weighted by Crippen LogP contribution is 1.87. The molecule has 0 saturated heterocycles. The second-order valence-corrected chi connectivity index (χ2v) is 2.83. The van der Waals surface area contributed by atoms with Crippen molar-refractivity contribution in [2.45, 2.75) is 48.0 Å². The number of rotatable bonds is 4. The zero-order valence-corrected chi connectivity index (χ0v) is 10.5. The molecule has 0 aliphatic carbocycles. The van der Waals surface area contributed by atoms with E-state index in [1.807, 2.05) is 19.9 Å². The highest BCUT2D eigenvalue weighted by Gasteiger charge is 1.73. The van der Waals surface area contributed by atoms with E-state index in [-0.39, 0.29) is 1.43 Å². The van der Waals surface area contributed by atoms with E-state index < -0.39 is 0 Å². The Morgan fingerprint density at radius 3 is 1.77 bits per heavy atom. The molecule has 0 unspecified atom stereocenters. The lowest BCUT2D eigenvalue weighted by molar-refractivity contribution is 0.703. The van der Waals surface area contributed by atoms with Crippen LogP contribution in [0.1, 0.15) is 49.4 Å². The lowest BCUT2D eigenvalue weighted by Gasteiger charge is -1.91. The zero-order chi connectivity index (χ0) is 11.1. The van der Waals surface area contributed by atoms with Crippen LogP contribution in [0.5, 0.6) is 0 Å². The Balaban J connectivity index is -0.0000000576. The average molecular weight is 189 g/mol. The summed E-state index contributed by atoms with van der Waals surface area (Å²) < 4.78 is 0. The van der Waals surface area contributed by atoms with Crippen LogP contribution in [0.4, 0.5) is 0 Å². The summed E-state index contributed by atoms with van der Waals surface area (Å²) in [6.07, 6.45) is 3.16. The van der Waals surface area contributed by atoms with E-state index in [1.165, 1.54) is 6.42 Å². The fourth-order valence-electron chi connectivity index (χ4n) is 0.354. The van der Waals surface area contributed by atoms with Gasteiger partial charge < -0.3 is 5.32 Å². The molecule has 0 radical (unpaired) electrons. The van der Waals surface area contributed by atoms with Crippen molar-refractivity contribution in [2.24, 2.45) is 5.92 Å². The Morgan fingerprint density at radius 2 is 1.69 bits per heavy atom. The van der Waals surface area contributed by atoms with Crippen molar-refractivity contribution in [3.05, 3.63) is 12.7 Å². The highest BCUT2D eigenvalue weighted by atomic mass is 14.8. The molecule has 0 bridgehead atoms. The molecule has 1 heteroatoms. The molecule has 0 rings (SSSR count). The molecule has 0 aliphatic rings. The molecule has 1 N–H and O–H groups in total. The Hall–Kier alpha value is -0.300. The zero-order valence-electron chi connectivity index (χ0n) is 10.5. The third kappa shape index (κ3) is 49.8. The fraction of sp³-hybridized carbons (Fsp3) is 0.833. The Kier molecular flexibility index (Phi) is 32.1. The molecule has 0 aromatic carbocycles. The van der Waals surface area contributed by atoms with Crippen LogP contribution in [0.3, 0.4) is 0 Å². The van der Waals surface area contributed by atoms with Crippen LogP contribution in [0, 0.1) is 5.92 Å². The summed E-state index contributed by atoms with van der Waals surface area (Å²) in [6.45, 7) is 18.3. The summed E-state index contributed by atoms with van der Waals surface area (Å²) in [5.41, 5.74) is 0. The normalized spacial score (nSPS) is 7.92. The van der Waals surface area contributed by atoms with Gasteiger partial charge in [-0.2, -0.15) is 0 Å². The van der Waals surface area contributed by atoms with Gasteiger partial charge in [0, 0.05) is 1.43 Å². The molecule has 0 heterocycles. The summed E-state index contributed by atoms with van der Waals surface area (Å²) in [7, 11) is 0. The van der Waals surface area contributed by atoms with Crippen molar-refractivity contribution in [3.8, 4) is 0 Å². The third-order valence-electron chi connectivity index (χ3n) is 1.15. The second kappa shape index (κ2) is 22.6. The van der Waals surface area contributed by atoms with Gasteiger partial charge in [-0.1, -0.05) is 47.6 Å². The van der Waals surface area contributed by atoms with E-state index >= 15 is 0 Å². The molecule has 0 spiro atoms. The Bertz CT molecular complexity index is 68.7. The van der Waals surface area contributed by atoms with Crippen LogP contribution in [-0.2, 0) is 0 Å². The minimum Gasteiger partial charge on any atom is -0.317 e. The summed E-state index contributed by atoms with van der Waals surface area (Å²) >= 11 is 0. The third-order valence-corrected chi connectivity index (χ3v) is 1.15. The van der Waals surface area contributed by atoms with Gasteiger partial charge in [-0.15, -0.1) is 6.58 Å². The van der Waals surface area contributed by atoms with Crippen molar-refractivity contribution >= 4 is 0 Å². The highest BCUT2D eigenvalue weighted by molar-refractivity contribution is 4.69. The van der Waals surface area contributed by atoms with Gasteiger partial charge in [0.25, 0.3) is 0 Å². The van der Waals surface area contributed by atoms with Gasteiger partial charge in [-0.05, 0) is 25.4 Å². The monoisotopic (exact) mass is 189 g/mol. The van der Waals surface area contributed by atoms with E-state index in [0.717, 1.165) is 13.1 Å². The van der Waals surface area contributed by atoms with Crippen LogP contribution in [0.2, 0.25) is 0 Å². The van der Waals surface area contributed by atoms with Crippen LogP contribution < -0.4 is 5.32 Å². The van der Waals surface area contributed by atoms with Gasteiger partial charge in [-0.3, -0.25) is 0 Å². The average Bonchev–Trinajstić information content (AvgIpc) is 2.18. The summed E-state index contributed by atoms with van der Waals surface area (Å²) in [5.74, 6) is 0.648. The summed E-state index contributed by atoms with van der Waals surface area (Å²) in [6, 6.07) is 0. The van der Waals surface area contributed by atoms with Gasteiger partial charge >= 0.3 is 0 Å². The summed E-state index contributed by atoms with van der Waals surface area (Å²) in [4.78, 5) is 0. The molecule has 0 aromatic rings. The number of hydrogen-bond donors (Lipinski definition) is 1. The van der Waals surface area contributed by atoms with Crippen molar-refractivity contribution < 1.29 is 1.43 Å². The van der Waals surface area contributed by atoms with E-state index in [1.54, 1.807) is 0 Å². The molecular weight excluding hydrogens is 158 g/mol. The second-order valence-electron chi connectivity index (χ2n) is 2.83. The molecule has 0 atom stereocenters. The first-order valence-corrected chi connectivity index (χ1v) is 5.52. The molecule has 0 aliphatic heterocycles. The first kappa shape index (κ1) is 18.5. The summed E-state index contributed by atoms with van der Waals surface area (Å²) in [5, 5.41) is 3.20. The standard InChI is InChI=1S/C5H13N.C5H10.C2H6.H2/c1-3-5-6-4-2;1-4-5(2)3;1-2;/h6H,3-5H2,1-2H3;4-5H,1H2,2-3H3;1-2H3;1H. The van der Waals surface area contributed by atoms with E-state index in [9.17, 15) is 0 Å². The molecular formula is C12H31N. The quantitative estimate of drug-likeness (QED) is 0.518. The molecule has 0 amide bonds. The van der Waals surface area contributed by atoms with Gasteiger partial charge in [0.1, 0.15) is 0 Å². The Morgan fingerprint density at radius 1 is 1.31 bits per heavy atom. The maximum absolute atomic E-state index is 3.56. The van der Waals surface area contributed by atoms with E-state index in [4.69, 9.17) is 0 Å². The van der Waals surface area contributed by atoms with Crippen LogP contribution >= 0.6 is 0 Å². The topological polar surface area (TPSA) is 12.0 Å². The first-order valence-electron chi connectivity index (χ1n) is 5.52. The lowest BCUT2D eigenvalue weighted by Crippen LogP contribution is -2.12. The van der Waals surface area contributed by atoms with Gasteiger partial charge in [0.2, 0.25) is 0 Å². The molecule has 13 heavy (non-hydrogen) atoms. The van der Waals surface area contributed by atoms with Gasteiger partial charge in [0.05, 0.1) is 0 Å². The lowest BCUT2D eigenvalue weighted by atomic mass is 10.2. The van der Waals surface area contributed by atoms with Crippen molar-refractivity contribution in [1.82, 2.24) is 5.32 Å². The minimum absolute atomic E-state index is 0. The maximum Gasteiger partial charge on any atom is 0 e. The SMILES string of the molecule is C=CC(C)C.CC.CCCNCC.[HH]. The number of allylic oxidation sites excluding steroid dienone is 1. The van der Waals surface area contributed by atoms with Crippen molar-refractivity contribution in [1.29, 1.82) is 0 Å². The molecule has 84 valence electrons. The van der Waals surface area contributed by atoms with Crippen molar-refractivity contribution in [2.75, 3.05) is 13.1 Å². The van der Waals surface area contributed by atoms with E-state index in [2.05, 4.69) is 39.6 Å². The van der Waals surface area contributed by atoms with Crippen LogP contribution in [0.25, 0.3) is 0 Å². The van der Waals surface area contributed by atoms with E-state index in [0.29, 0.717) is 5.92 Å². The molecule has 0 aromatic heterocycles. The van der Waals surface area contributed by atoms with Crippen LogP contribution in [-0.4, -0.2) is 13.1 Å².